The van der Waals surface area contributed by atoms with Gasteiger partial charge in [0, 0.05) is 0 Å². The smallest absolute Gasteiger partial charge is 0.457 e. The first-order valence-corrected chi connectivity index (χ1v) is 10.8. The monoisotopic (exact) mass is 455 g/mol. The first-order valence-electron chi connectivity index (χ1n) is 10.8. The quantitative estimate of drug-likeness (QED) is 0.357. The molecule has 2 aromatic carbocycles. The van der Waals surface area contributed by atoms with Gasteiger partial charge in [0.2, 0.25) is 0 Å². The fourth-order valence-electron chi connectivity index (χ4n) is 2.58. The lowest BCUT2D eigenvalue weighted by Gasteiger charge is -2.29. The summed E-state index contributed by atoms with van der Waals surface area (Å²) < 4.78 is 16.4. The zero-order valence-electron chi connectivity index (χ0n) is 20.3. The highest BCUT2D eigenvalue weighted by molar-refractivity contribution is 5.71. The van der Waals surface area contributed by atoms with E-state index in [1.54, 1.807) is 60.6 Å². The van der Waals surface area contributed by atoms with Crippen LogP contribution in [0.5, 0.6) is 11.5 Å². The SMILES string of the molecule is CC(C=Cc1cccc(Oc2ccccc2)c1)N(OC(=O)OC(C)(C)C)C(=O)OC(C)(C)C. The highest BCUT2D eigenvalue weighted by atomic mass is 16.8. The van der Waals surface area contributed by atoms with Crippen LogP contribution in [0.25, 0.3) is 6.08 Å². The number of carbonyl (C=O) groups excluding carboxylic acids is 2. The molecule has 0 radical (unpaired) electrons. The van der Waals surface area contributed by atoms with Crippen LogP contribution in [0, 0.1) is 0 Å². The van der Waals surface area contributed by atoms with Gasteiger partial charge in [0.25, 0.3) is 0 Å². The molecule has 0 heterocycles. The lowest BCUT2D eigenvalue weighted by Crippen LogP contribution is -2.43. The maximum Gasteiger partial charge on any atom is 0.534 e. The summed E-state index contributed by atoms with van der Waals surface area (Å²) in [6.45, 7) is 12.0. The van der Waals surface area contributed by atoms with Crippen LogP contribution < -0.4 is 4.74 Å². The van der Waals surface area contributed by atoms with Crippen LogP contribution in [0.3, 0.4) is 0 Å². The Hall–Kier alpha value is -3.48. The number of para-hydroxylation sites is 1. The van der Waals surface area contributed by atoms with Crippen molar-refractivity contribution in [2.45, 2.75) is 65.7 Å². The van der Waals surface area contributed by atoms with Crippen molar-refractivity contribution >= 4 is 18.3 Å². The van der Waals surface area contributed by atoms with Crippen LogP contribution in [0.2, 0.25) is 0 Å². The number of hydrogen-bond acceptors (Lipinski definition) is 6. The summed E-state index contributed by atoms with van der Waals surface area (Å²) in [7, 11) is 0. The molecule has 0 N–H and O–H groups in total. The number of benzene rings is 2. The van der Waals surface area contributed by atoms with Gasteiger partial charge in [-0.05, 0) is 78.3 Å². The number of rotatable bonds is 5. The molecule has 2 rings (SSSR count). The second kappa shape index (κ2) is 10.9. The van der Waals surface area contributed by atoms with Crippen molar-refractivity contribution in [3.63, 3.8) is 0 Å². The molecular weight excluding hydrogens is 422 g/mol. The Morgan fingerprint density at radius 1 is 0.848 bits per heavy atom. The standard InChI is InChI=1S/C26H33NO6/c1-19(27(23(28)31-25(2,3)4)33-24(29)32-26(5,6)7)16-17-20-12-11-15-22(18-20)30-21-13-9-8-10-14-21/h8-19H,1-7H3. The maximum atomic E-state index is 12.7. The second-order valence-electron chi connectivity index (χ2n) is 9.45. The van der Waals surface area contributed by atoms with Gasteiger partial charge in [-0.25, -0.2) is 9.59 Å². The van der Waals surface area contributed by atoms with Gasteiger partial charge in [-0.2, -0.15) is 0 Å². The predicted octanol–water partition coefficient (Wildman–Crippen LogP) is 6.98. The largest absolute Gasteiger partial charge is 0.534 e. The highest BCUT2D eigenvalue weighted by Gasteiger charge is 2.30. The first-order chi connectivity index (χ1) is 15.3. The van der Waals surface area contributed by atoms with Crippen molar-refractivity contribution in [1.29, 1.82) is 0 Å². The van der Waals surface area contributed by atoms with E-state index in [1.807, 2.05) is 54.6 Å². The normalized spacial score (nSPS) is 12.7. The highest BCUT2D eigenvalue weighted by Crippen LogP contribution is 2.23. The molecule has 0 fully saturated rings. The van der Waals surface area contributed by atoms with E-state index in [0.717, 1.165) is 16.4 Å². The zero-order valence-corrected chi connectivity index (χ0v) is 20.3. The number of hydroxylamine groups is 2. The van der Waals surface area contributed by atoms with E-state index in [1.165, 1.54) is 0 Å². The van der Waals surface area contributed by atoms with Crippen LogP contribution in [0.15, 0.2) is 60.7 Å². The van der Waals surface area contributed by atoms with E-state index in [2.05, 4.69) is 0 Å². The average molecular weight is 456 g/mol. The second-order valence-corrected chi connectivity index (χ2v) is 9.45. The van der Waals surface area contributed by atoms with E-state index in [-0.39, 0.29) is 0 Å². The van der Waals surface area contributed by atoms with Crippen molar-refractivity contribution in [2.75, 3.05) is 0 Å². The summed E-state index contributed by atoms with van der Waals surface area (Å²) in [5.74, 6) is 1.40. The van der Waals surface area contributed by atoms with Gasteiger partial charge in [-0.3, -0.25) is 4.84 Å². The van der Waals surface area contributed by atoms with Crippen LogP contribution in [-0.2, 0) is 14.3 Å². The number of ether oxygens (including phenoxy) is 3. The predicted molar refractivity (Wildman–Crippen MR) is 127 cm³/mol. The molecule has 0 aliphatic rings. The van der Waals surface area contributed by atoms with Gasteiger partial charge in [-0.15, -0.1) is 5.06 Å². The van der Waals surface area contributed by atoms with Crippen molar-refractivity contribution in [3.8, 4) is 11.5 Å². The van der Waals surface area contributed by atoms with E-state index in [0.29, 0.717) is 5.75 Å². The summed E-state index contributed by atoms with van der Waals surface area (Å²) in [6.07, 6.45) is 1.73. The van der Waals surface area contributed by atoms with Gasteiger partial charge in [0.1, 0.15) is 22.7 Å². The van der Waals surface area contributed by atoms with Gasteiger partial charge >= 0.3 is 12.2 Å². The Labute approximate surface area is 195 Å². The van der Waals surface area contributed by atoms with Crippen molar-refractivity contribution < 1.29 is 28.6 Å². The minimum Gasteiger partial charge on any atom is -0.457 e. The zero-order chi connectivity index (χ0) is 24.6. The first kappa shape index (κ1) is 25.8. The van der Waals surface area contributed by atoms with Gasteiger partial charge in [-0.1, -0.05) is 42.5 Å². The minimum atomic E-state index is -0.994. The fraction of sp³-hybridized carbons (Fsp3) is 0.385. The number of amides is 1. The lowest BCUT2D eigenvalue weighted by molar-refractivity contribution is -0.145. The van der Waals surface area contributed by atoms with Crippen molar-refractivity contribution in [2.24, 2.45) is 0 Å². The van der Waals surface area contributed by atoms with Crippen molar-refractivity contribution in [1.82, 2.24) is 5.06 Å². The molecule has 7 nitrogen and oxygen atoms in total. The molecule has 0 spiro atoms. The summed E-state index contributed by atoms with van der Waals surface area (Å²) in [4.78, 5) is 30.1. The van der Waals surface area contributed by atoms with E-state index in [4.69, 9.17) is 19.0 Å². The van der Waals surface area contributed by atoms with Crippen molar-refractivity contribution in [3.05, 3.63) is 66.2 Å². The lowest BCUT2D eigenvalue weighted by atomic mass is 10.1. The van der Waals surface area contributed by atoms with Crippen LogP contribution >= 0.6 is 0 Å². The summed E-state index contributed by atoms with van der Waals surface area (Å²) >= 11 is 0. The minimum absolute atomic E-state index is 0.633. The van der Waals surface area contributed by atoms with Gasteiger partial charge < -0.3 is 14.2 Å². The topological polar surface area (TPSA) is 74.3 Å². The molecule has 33 heavy (non-hydrogen) atoms. The molecule has 0 aliphatic carbocycles. The molecule has 0 bridgehead atoms. The Morgan fingerprint density at radius 3 is 2.06 bits per heavy atom. The summed E-state index contributed by atoms with van der Waals surface area (Å²) in [5, 5.41) is 0.861. The average Bonchev–Trinajstić information content (AvgIpc) is 2.68. The van der Waals surface area contributed by atoms with E-state index < -0.39 is 29.5 Å². The third-order valence-electron chi connectivity index (χ3n) is 3.91. The molecule has 1 atom stereocenters. The molecule has 0 saturated carbocycles. The van der Waals surface area contributed by atoms with E-state index >= 15 is 0 Å². The van der Waals surface area contributed by atoms with Gasteiger partial charge in [0.05, 0.1) is 6.04 Å². The Morgan fingerprint density at radius 2 is 1.45 bits per heavy atom. The number of carbonyl (C=O) groups is 2. The molecule has 7 heteroatoms. The molecule has 0 aliphatic heterocycles. The molecule has 0 saturated heterocycles. The molecule has 2 aromatic rings. The van der Waals surface area contributed by atoms with Crippen LogP contribution in [0.1, 0.15) is 54.0 Å². The van der Waals surface area contributed by atoms with Crippen LogP contribution in [-0.4, -0.2) is 34.6 Å². The van der Waals surface area contributed by atoms with Gasteiger partial charge in [0.15, 0.2) is 0 Å². The molecular formula is C26H33NO6. The third-order valence-corrected chi connectivity index (χ3v) is 3.91. The molecule has 0 aromatic heterocycles. The molecule has 1 unspecified atom stereocenters. The Balaban J connectivity index is 2.16. The summed E-state index contributed by atoms with van der Waals surface area (Å²) in [6, 6.07) is 16.3. The molecule has 178 valence electrons. The van der Waals surface area contributed by atoms with Crippen LogP contribution in [0.4, 0.5) is 9.59 Å². The number of hydrogen-bond donors (Lipinski definition) is 0. The third kappa shape index (κ3) is 9.68. The Kier molecular flexibility index (Phi) is 8.51. The maximum absolute atomic E-state index is 12.7. The fourth-order valence-corrected chi connectivity index (χ4v) is 2.58. The Bertz CT molecular complexity index is 957. The number of nitrogens with zero attached hydrogens (tertiary/aromatic N) is 1. The summed E-state index contributed by atoms with van der Waals surface area (Å²) in [5.41, 5.74) is -0.689. The van der Waals surface area contributed by atoms with E-state index in [9.17, 15) is 9.59 Å². The molecule has 1 amide bonds.